The number of nitrogens with zero attached hydrogens (tertiary/aromatic N) is 5. The Kier molecular flexibility index (Phi) is 8.39. The van der Waals surface area contributed by atoms with Gasteiger partial charge in [-0.2, -0.15) is 4.98 Å². The van der Waals surface area contributed by atoms with Crippen molar-refractivity contribution >= 4 is 17.1 Å². The van der Waals surface area contributed by atoms with Gasteiger partial charge < -0.3 is 14.7 Å². The van der Waals surface area contributed by atoms with E-state index in [-0.39, 0.29) is 43.1 Å². The molecule has 41 heavy (non-hydrogen) atoms. The number of piperazine rings is 1. The third kappa shape index (κ3) is 6.27. The standard InChI is InChI=1S/C30H37FN6O4/c1-30(2,3)23-10-8-21(9-11-23)18-34-12-14-35(15-13-34)28-32-26-25(36(28)19-22-6-4-5-7-24(22)31)27(39)33-29(40)37(26)20-41-17-16-38/h4-11,38H,12-20H2,1-3H3,(H,33,39,40). The van der Waals surface area contributed by atoms with Gasteiger partial charge in [-0.1, -0.05) is 63.2 Å². The normalized spacial score (nSPS) is 14.7. The van der Waals surface area contributed by atoms with Gasteiger partial charge in [0.25, 0.3) is 5.56 Å². The fraction of sp³-hybridized carbons (Fsp3) is 0.433. The number of nitrogens with one attached hydrogen (secondary N) is 1. The maximum Gasteiger partial charge on any atom is 0.332 e. The number of benzene rings is 2. The van der Waals surface area contributed by atoms with E-state index >= 15 is 0 Å². The third-order valence-electron chi connectivity index (χ3n) is 7.49. The molecule has 1 aliphatic heterocycles. The third-order valence-corrected chi connectivity index (χ3v) is 7.49. The first-order valence-electron chi connectivity index (χ1n) is 13.9. The predicted octanol–water partition coefficient (Wildman–Crippen LogP) is 2.66. The van der Waals surface area contributed by atoms with Gasteiger partial charge in [0.1, 0.15) is 12.5 Å². The fourth-order valence-corrected chi connectivity index (χ4v) is 5.16. The van der Waals surface area contributed by atoms with Crippen LogP contribution in [0.25, 0.3) is 11.2 Å². The molecule has 2 N–H and O–H groups in total. The molecule has 5 rings (SSSR count). The van der Waals surface area contributed by atoms with Crippen LogP contribution < -0.4 is 16.1 Å². The molecule has 1 fully saturated rings. The highest BCUT2D eigenvalue weighted by atomic mass is 19.1. The number of hydrogen-bond acceptors (Lipinski definition) is 7. The molecule has 0 bridgehead atoms. The molecule has 0 saturated carbocycles. The number of imidazole rings is 1. The van der Waals surface area contributed by atoms with E-state index in [0.717, 1.165) is 19.6 Å². The summed E-state index contributed by atoms with van der Waals surface area (Å²) >= 11 is 0. The van der Waals surface area contributed by atoms with Crippen molar-refractivity contribution < 1.29 is 14.2 Å². The van der Waals surface area contributed by atoms with E-state index in [9.17, 15) is 14.0 Å². The summed E-state index contributed by atoms with van der Waals surface area (Å²) in [4.78, 5) is 37.3. The lowest BCUT2D eigenvalue weighted by Crippen LogP contribution is -2.47. The number of aromatic nitrogens is 4. The number of rotatable bonds is 9. The summed E-state index contributed by atoms with van der Waals surface area (Å²) in [6, 6.07) is 15.2. The number of anilines is 1. The van der Waals surface area contributed by atoms with Crippen molar-refractivity contribution in [2.24, 2.45) is 0 Å². The highest BCUT2D eigenvalue weighted by Crippen LogP contribution is 2.25. The first-order chi connectivity index (χ1) is 19.7. The lowest BCUT2D eigenvalue weighted by Gasteiger charge is -2.35. The Hall–Kier alpha value is -3.80. The summed E-state index contributed by atoms with van der Waals surface area (Å²) in [5, 5.41) is 9.10. The topological polar surface area (TPSA) is 109 Å². The van der Waals surface area contributed by atoms with Gasteiger partial charge in [-0.25, -0.2) is 9.18 Å². The molecule has 0 aliphatic carbocycles. The van der Waals surface area contributed by atoms with E-state index in [4.69, 9.17) is 14.8 Å². The summed E-state index contributed by atoms with van der Waals surface area (Å²) < 4.78 is 23.0. The van der Waals surface area contributed by atoms with Crippen LogP contribution >= 0.6 is 0 Å². The molecule has 3 heterocycles. The monoisotopic (exact) mass is 564 g/mol. The molecule has 218 valence electrons. The molecule has 0 atom stereocenters. The number of halogens is 1. The van der Waals surface area contributed by atoms with Gasteiger partial charge >= 0.3 is 5.69 Å². The van der Waals surface area contributed by atoms with Crippen LogP contribution in [-0.2, 0) is 30.0 Å². The van der Waals surface area contributed by atoms with Gasteiger partial charge in [-0.3, -0.25) is 23.8 Å². The summed E-state index contributed by atoms with van der Waals surface area (Å²) in [5.74, 6) is 0.100. The molecule has 0 radical (unpaired) electrons. The van der Waals surface area contributed by atoms with Crippen LogP contribution in [0, 0.1) is 5.82 Å². The molecule has 1 saturated heterocycles. The number of aliphatic hydroxyl groups is 1. The number of H-pyrrole nitrogens is 1. The molecule has 0 amide bonds. The lowest BCUT2D eigenvalue weighted by atomic mass is 9.87. The Morgan fingerprint density at radius 2 is 1.68 bits per heavy atom. The molecule has 10 nitrogen and oxygen atoms in total. The molecule has 1 aliphatic rings. The van der Waals surface area contributed by atoms with Crippen molar-refractivity contribution in [3.63, 3.8) is 0 Å². The van der Waals surface area contributed by atoms with E-state index < -0.39 is 17.1 Å². The molecule has 0 unspecified atom stereocenters. The van der Waals surface area contributed by atoms with Crippen LogP contribution in [0.1, 0.15) is 37.5 Å². The Balaban J connectivity index is 1.44. The second-order valence-electron chi connectivity index (χ2n) is 11.4. The van der Waals surface area contributed by atoms with Gasteiger partial charge in [0.2, 0.25) is 5.95 Å². The van der Waals surface area contributed by atoms with E-state index in [1.807, 2.05) is 0 Å². The van der Waals surface area contributed by atoms with Crippen LogP contribution in [0.4, 0.5) is 10.3 Å². The first kappa shape index (κ1) is 28.7. The average Bonchev–Trinajstić information content (AvgIpc) is 3.31. The smallest absolute Gasteiger partial charge is 0.332 e. The largest absolute Gasteiger partial charge is 0.394 e. The summed E-state index contributed by atoms with van der Waals surface area (Å²) in [5.41, 5.74) is 2.11. The second kappa shape index (κ2) is 12.0. The van der Waals surface area contributed by atoms with Crippen LogP contribution in [0.3, 0.4) is 0 Å². The molecule has 2 aromatic heterocycles. The van der Waals surface area contributed by atoms with E-state index in [0.29, 0.717) is 24.6 Å². The van der Waals surface area contributed by atoms with Crippen molar-refractivity contribution in [3.05, 3.63) is 91.9 Å². The van der Waals surface area contributed by atoms with Crippen molar-refractivity contribution in [2.45, 2.75) is 46.0 Å². The number of ether oxygens (including phenoxy) is 1. The summed E-state index contributed by atoms with van der Waals surface area (Å²) in [7, 11) is 0. The minimum absolute atomic E-state index is 0.0245. The lowest BCUT2D eigenvalue weighted by molar-refractivity contribution is 0.0478. The molecule has 4 aromatic rings. The van der Waals surface area contributed by atoms with Crippen LogP contribution in [0.5, 0.6) is 0 Å². The van der Waals surface area contributed by atoms with Crippen molar-refractivity contribution in [2.75, 3.05) is 44.3 Å². The van der Waals surface area contributed by atoms with Crippen molar-refractivity contribution in [3.8, 4) is 0 Å². The number of hydrogen-bond donors (Lipinski definition) is 2. The number of fused-ring (bicyclic) bond motifs is 1. The van der Waals surface area contributed by atoms with Gasteiger partial charge in [0.15, 0.2) is 11.2 Å². The van der Waals surface area contributed by atoms with Gasteiger partial charge in [0.05, 0.1) is 19.8 Å². The van der Waals surface area contributed by atoms with Gasteiger partial charge in [-0.15, -0.1) is 0 Å². The van der Waals surface area contributed by atoms with E-state index in [1.54, 1.807) is 22.8 Å². The van der Waals surface area contributed by atoms with Crippen molar-refractivity contribution in [1.29, 1.82) is 0 Å². The zero-order chi connectivity index (χ0) is 29.1. The second-order valence-corrected chi connectivity index (χ2v) is 11.4. The summed E-state index contributed by atoms with van der Waals surface area (Å²) in [6.45, 7) is 9.96. The first-order valence-corrected chi connectivity index (χ1v) is 13.9. The van der Waals surface area contributed by atoms with Crippen molar-refractivity contribution in [1.82, 2.24) is 24.0 Å². The maximum absolute atomic E-state index is 14.7. The zero-order valence-electron chi connectivity index (χ0n) is 23.8. The van der Waals surface area contributed by atoms with E-state index in [1.165, 1.54) is 21.8 Å². The minimum Gasteiger partial charge on any atom is -0.394 e. The molecular weight excluding hydrogens is 527 g/mol. The highest BCUT2D eigenvalue weighted by molar-refractivity contribution is 5.74. The highest BCUT2D eigenvalue weighted by Gasteiger charge is 2.26. The van der Waals surface area contributed by atoms with Crippen LogP contribution in [-0.4, -0.2) is 68.5 Å². The molecule has 2 aromatic carbocycles. The molecular formula is C30H37FN6O4. The number of aliphatic hydroxyl groups excluding tert-OH is 1. The maximum atomic E-state index is 14.7. The summed E-state index contributed by atoms with van der Waals surface area (Å²) in [6.07, 6.45) is 0. The quantitative estimate of drug-likeness (QED) is 0.301. The Morgan fingerprint density at radius 3 is 2.34 bits per heavy atom. The Bertz CT molecular complexity index is 1610. The fourth-order valence-electron chi connectivity index (χ4n) is 5.16. The Morgan fingerprint density at radius 1 is 0.976 bits per heavy atom. The molecule has 0 spiro atoms. The van der Waals surface area contributed by atoms with Gasteiger partial charge in [-0.05, 0) is 22.6 Å². The van der Waals surface area contributed by atoms with Crippen LogP contribution in [0.15, 0.2) is 58.1 Å². The minimum atomic E-state index is -0.662. The number of aromatic amines is 1. The Labute approximate surface area is 237 Å². The van der Waals surface area contributed by atoms with Gasteiger partial charge in [0, 0.05) is 38.3 Å². The SMILES string of the molecule is CC(C)(C)c1ccc(CN2CCN(c3nc4c(c(=O)[nH]c(=O)n4COCCO)n3Cc3ccccc3F)CC2)cc1. The predicted molar refractivity (Wildman–Crippen MR) is 156 cm³/mol. The average molecular weight is 565 g/mol. The van der Waals surface area contributed by atoms with E-state index in [2.05, 4.69) is 59.8 Å². The van der Waals surface area contributed by atoms with Crippen LogP contribution in [0.2, 0.25) is 0 Å². The zero-order valence-corrected chi connectivity index (χ0v) is 23.8. The molecule has 11 heteroatoms.